The van der Waals surface area contributed by atoms with Crippen LogP contribution in [0, 0.1) is 0 Å². The number of H-pyrrole nitrogens is 1. The first-order chi connectivity index (χ1) is 16.0. The fourth-order valence-electron chi connectivity index (χ4n) is 3.74. The molecular formula is C25H32N4O4. The number of nitrogens with two attached hydrogens (primary N) is 1. The molecule has 2 aromatic carbocycles. The Hall–Kier alpha value is -3.55. The Morgan fingerprint density at radius 1 is 1.03 bits per heavy atom. The molecule has 0 bridgehead atoms. The molecule has 0 atom stereocenters. The van der Waals surface area contributed by atoms with Gasteiger partial charge in [0.1, 0.15) is 11.6 Å². The maximum atomic E-state index is 13.2. The summed E-state index contributed by atoms with van der Waals surface area (Å²) in [5, 5.41) is 2.08. The highest BCUT2D eigenvalue weighted by atomic mass is 16.5. The van der Waals surface area contributed by atoms with Gasteiger partial charge in [0.05, 0.1) is 0 Å². The zero-order valence-electron chi connectivity index (χ0n) is 19.3. The van der Waals surface area contributed by atoms with Crippen molar-refractivity contribution in [3.05, 3.63) is 63.3 Å². The molecule has 33 heavy (non-hydrogen) atoms. The lowest BCUT2D eigenvalue weighted by atomic mass is 10.1. The van der Waals surface area contributed by atoms with Gasteiger partial charge >= 0.3 is 5.69 Å². The third-order valence-electron chi connectivity index (χ3n) is 5.59. The molecule has 8 nitrogen and oxygen atoms in total. The van der Waals surface area contributed by atoms with Gasteiger partial charge in [-0.3, -0.25) is 19.1 Å². The highest BCUT2D eigenvalue weighted by Gasteiger charge is 2.24. The third kappa shape index (κ3) is 5.83. The molecule has 0 aliphatic rings. The molecule has 0 aliphatic heterocycles. The van der Waals surface area contributed by atoms with Crippen LogP contribution in [-0.4, -0.2) is 28.6 Å². The molecule has 0 saturated heterocycles. The number of aromatic amines is 1. The Kier molecular flexibility index (Phi) is 8.29. The molecule has 1 aromatic heterocycles. The van der Waals surface area contributed by atoms with E-state index in [1.165, 1.54) is 9.47 Å². The third-order valence-corrected chi connectivity index (χ3v) is 5.59. The summed E-state index contributed by atoms with van der Waals surface area (Å²) in [6, 6.07) is 13.5. The maximum Gasteiger partial charge on any atom is 0.330 e. The van der Waals surface area contributed by atoms with Crippen LogP contribution in [-0.2, 0) is 11.3 Å². The van der Waals surface area contributed by atoms with E-state index >= 15 is 0 Å². The molecule has 0 aliphatic carbocycles. The van der Waals surface area contributed by atoms with Crippen LogP contribution in [0.3, 0.4) is 0 Å². The highest BCUT2D eigenvalue weighted by molar-refractivity contribution is 5.96. The summed E-state index contributed by atoms with van der Waals surface area (Å²) in [4.78, 5) is 41.9. The Labute approximate surface area is 193 Å². The number of nitrogen functional groups attached to an aromatic ring is 1. The van der Waals surface area contributed by atoms with Crippen molar-refractivity contribution in [2.75, 3.05) is 23.8 Å². The van der Waals surface area contributed by atoms with E-state index in [1.54, 1.807) is 0 Å². The van der Waals surface area contributed by atoms with Gasteiger partial charge in [-0.15, -0.1) is 0 Å². The summed E-state index contributed by atoms with van der Waals surface area (Å²) in [6.07, 6.45) is 4.13. The summed E-state index contributed by atoms with van der Waals surface area (Å²) < 4.78 is 7.09. The largest absolute Gasteiger partial charge is 0.484 e. The van der Waals surface area contributed by atoms with Crippen LogP contribution in [0.1, 0.15) is 46.0 Å². The molecule has 1 heterocycles. The van der Waals surface area contributed by atoms with Gasteiger partial charge in [0.25, 0.3) is 11.5 Å². The van der Waals surface area contributed by atoms with E-state index in [4.69, 9.17) is 10.5 Å². The topological polar surface area (TPSA) is 110 Å². The number of anilines is 2. The van der Waals surface area contributed by atoms with Gasteiger partial charge in [-0.1, -0.05) is 63.4 Å². The first-order valence-corrected chi connectivity index (χ1v) is 11.5. The number of fused-ring (bicyclic) bond motifs is 1. The predicted octanol–water partition coefficient (Wildman–Crippen LogP) is 3.67. The van der Waals surface area contributed by atoms with E-state index < -0.39 is 17.2 Å². The minimum absolute atomic E-state index is 0.00718. The normalized spacial score (nSPS) is 11.0. The number of hydrogen-bond acceptors (Lipinski definition) is 5. The van der Waals surface area contributed by atoms with E-state index in [1.807, 2.05) is 49.4 Å². The van der Waals surface area contributed by atoms with Crippen molar-refractivity contribution in [3.63, 3.8) is 0 Å². The number of carbonyl (C=O) groups excluding carboxylic acids is 1. The number of unbranched alkanes of at least 4 members (excludes halogenated alkanes) is 3. The summed E-state index contributed by atoms with van der Waals surface area (Å²) in [5.74, 6) is 0.176. The van der Waals surface area contributed by atoms with Crippen molar-refractivity contribution in [2.45, 2.75) is 52.5 Å². The van der Waals surface area contributed by atoms with E-state index in [0.717, 1.165) is 36.5 Å². The molecule has 0 spiro atoms. The maximum absolute atomic E-state index is 13.2. The van der Waals surface area contributed by atoms with Crippen LogP contribution in [0.2, 0.25) is 0 Å². The van der Waals surface area contributed by atoms with Crippen molar-refractivity contribution in [1.29, 1.82) is 0 Å². The predicted molar refractivity (Wildman–Crippen MR) is 132 cm³/mol. The van der Waals surface area contributed by atoms with E-state index in [2.05, 4.69) is 11.9 Å². The number of rotatable bonds is 11. The minimum atomic E-state index is -0.666. The number of aromatic nitrogens is 2. The fraction of sp³-hybridized carbons (Fsp3) is 0.400. The smallest absolute Gasteiger partial charge is 0.330 e. The zero-order chi connectivity index (χ0) is 23.8. The van der Waals surface area contributed by atoms with E-state index in [9.17, 15) is 14.4 Å². The van der Waals surface area contributed by atoms with Crippen molar-refractivity contribution >= 4 is 28.2 Å². The molecule has 176 valence electrons. The molecule has 3 rings (SSSR count). The highest BCUT2D eigenvalue weighted by Crippen LogP contribution is 2.22. The van der Waals surface area contributed by atoms with Crippen molar-refractivity contribution < 1.29 is 9.53 Å². The number of ether oxygens (including phenoxy) is 1. The van der Waals surface area contributed by atoms with Crippen LogP contribution in [0.25, 0.3) is 10.8 Å². The SMILES string of the molecule is CCCCCN(C(=O)COc1ccc2ccccc2c1)c1c(N)n(CCCC)c(=O)[nH]c1=O. The Morgan fingerprint density at radius 3 is 2.48 bits per heavy atom. The van der Waals surface area contributed by atoms with Crippen molar-refractivity contribution in [3.8, 4) is 5.75 Å². The molecule has 3 N–H and O–H groups in total. The Bertz CT molecular complexity index is 1210. The van der Waals surface area contributed by atoms with Crippen LogP contribution < -0.4 is 26.6 Å². The second-order valence-electron chi connectivity index (χ2n) is 8.05. The molecule has 0 fully saturated rings. The van der Waals surface area contributed by atoms with Crippen LogP contribution in [0.15, 0.2) is 52.1 Å². The number of hydrogen-bond donors (Lipinski definition) is 2. The van der Waals surface area contributed by atoms with Crippen molar-refractivity contribution in [1.82, 2.24) is 9.55 Å². The fourth-order valence-corrected chi connectivity index (χ4v) is 3.74. The Morgan fingerprint density at radius 2 is 1.76 bits per heavy atom. The molecule has 1 amide bonds. The lowest BCUT2D eigenvalue weighted by Crippen LogP contribution is -2.43. The molecule has 8 heteroatoms. The first kappa shape index (κ1) is 24.1. The molecule has 3 aromatic rings. The second kappa shape index (κ2) is 11.4. The number of amides is 1. The van der Waals surface area contributed by atoms with Gasteiger partial charge in [0, 0.05) is 13.1 Å². The van der Waals surface area contributed by atoms with Gasteiger partial charge in [0.15, 0.2) is 12.3 Å². The summed E-state index contributed by atoms with van der Waals surface area (Å²) in [7, 11) is 0. The van der Waals surface area contributed by atoms with Gasteiger partial charge < -0.3 is 15.4 Å². The van der Waals surface area contributed by atoms with E-state index in [-0.39, 0.29) is 18.1 Å². The number of benzene rings is 2. The molecule has 0 radical (unpaired) electrons. The summed E-state index contributed by atoms with van der Waals surface area (Å²) >= 11 is 0. The number of nitrogens with zero attached hydrogens (tertiary/aromatic N) is 2. The quantitative estimate of drug-likeness (QED) is 0.431. The van der Waals surface area contributed by atoms with Crippen LogP contribution in [0.4, 0.5) is 11.5 Å². The van der Waals surface area contributed by atoms with Gasteiger partial charge in [-0.25, -0.2) is 4.79 Å². The summed E-state index contributed by atoms with van der Waals surface area (Å²) in [5.41, 5.74) is 5.02. The van der Waals surface area contributed by atoms with Gasteiger partial charge in [0.2, 0.25) is 0 Å². The van der Waals surface area contributed by atoms with Crippen molar-refractivity contribution in [2.24, 2.45) is 0 Å². The van der Waals surface area contributed by atoms with E-state index in [0.29, 0.717) is 25.3 Å². The monoisotopic (exact) mass is 452 g/mol. The standard InChI is InChI=1S/C25H32N4O4/c1-3-5-9-15-28(22-23(26)29(14-6-4-2)25(32)27-24(22)31)21(30)17-33-20-13-12-18-10-7-8-11-19(18)16-20/h7-8,10-13,16H,3-6,9,14-15,17,26H2,1-2H3,(H,27,31,32). The first-order valence-electron chi connectivity index (χ1n) is 11.5. The lowest BCUT2D eigenvalue weighted by Gasteiger charge is -2.24. The second-order valence-corrected chi connectivity index (χ2v) is 8.05. The molecule has 0 saturated carbocycles. The average Bonchev–Trinajstić information content (AvgIpc) is 2.81. The minimum Gasteiger partial charge on any atom is -0.484 e. The average molecular weight is 453 g/mol. The lowest BCUT2D eigenvalue weighted by molar-refractivity contribution is -0.120. The van der Waals surface area contributed by atoms with Crippen LogP contribution >= 0.6 is 0 Å². The van der Waals surface area contributed by atoms with Crippen LogP contribution in [0.5, 0.6) is 5.75 Å². The van der Waals surface area contributed by atoms with Gasteiger partial charge in [-0.05, 0) is 35.7 Å². The molecular weight excluding hydrogens is 420 g/mol. The molecule has 0 unspecified atom stereocenters. The Balaban J connectivity index is 1.87. The number of nitrogens with one attached hydrogen (secondary N) is 1. The van der Waals surface area contributed by atoms with Gasteiger partial charge in [-0.2, -0.15) is 0 Å². The summed E-state index contributed by atoms with van der Waals surface area (Å²) in [6.45, 7) is 4.49. The zero-order valence-corrected chi connectivity index (χ0v) is 19.3. The number of carbonyl (C=O) groups is 1.